The third-order valence-corrected chi connectivity index (χ3v) is 6.40. The van der Waals surface area contributed by atoms with E-state index in [1.165, 1.54) is 16.1 Å². The number of hydrogen-bond donors (Lipinski definition) is 0. The molecule has 9 heteroatoms. The van der Waals surface area contributed by atoms with Gasteiger partial charge in [0, 0.05) is 18.5 Å². The lowest BCUT2D eigenvalue weighted by atomic mass is 9.93. The van der Waals surface area contributed by atoms with Crippen molar-refractivity contribution in [3.63, 3.8) is 0 Å². The third kappa shape index (κ3) is 3.97. The van der Waals surface area contributed by atoms with Gasteiger partial charge >= 0.3 is 5.97 Å². The number of aromatic nitrogens is 4. The number of nitrogens with zero attached hydrogens (tertiary/aromatic N) is 5. The first-order valence-corrected chi connectivity index (χ1v) is 10.8. The maximum atomic E-state index is 13.5. The van der Waals surface area contributed by atoms with E-state index in [-0.39, 0.29) is 23.8 Å². The molecule has 2 aromatic heterocycles. The van der Waals surface area contributed by atoms with Crippen LogP contribution >= 0.6 is 11.3 Å². The Morgan fingerprint density at radius 1 is 1.20 bits per heavy atom. The second kappa shape index (κ2) is 8.74. The minimum atomic E-state index is -0.348. The highest BCUT2D eigenvalue weighted by Crippen LogP contribution is 2.33. The Morgan fingerprint density at radius 3 is 2.73 bits per heavy atom. The van der Waals surface area contributed by atoms with Crippen molar-refractivity contribution in [2.75, 3.05) is 13.2 Å². The number of ether oxygens (including phenoxy) is 1. The summed E-state index contributed by atoms with van der Waals surface area (Å²) >= 11 is 1.35. The van der Waals surface area contributed by atoms with Crippen molar-refractivity contribution in [1.82, 2.24) is 24.9 Å². The summed E-state index contributed by atoms with van der Waals surface area (Å²) in [7, 11) is 0. The summed E-state index contributed by atoms with van der Waals surface area (Å²) in [6, 6.07) is 7.46. The minimum absolute atomic E-state index is 0.0535. The van der Waals surface area contributed by atoms with Crippen LogP contribution in [0, 0.1) is 0 Å². The van der Waals surface area contributed by atoms with Gasteiger partial charge < -0.3 is 9.64 Å². The fraction of sp³-hybridized carbons (Fsp3) is 0.381. The van der Waals surface area contributed by atoms with Crippen LogP contribution in [-0.4, -0.2) is 55.9 Å². The van der Waals surface area contributed by atoms with E-state index in [1.54, 1.807) is 31.6 Å². The summed E-state index contributed by atoms with van der Waals surface area (Å²) in [6.45, 7) is 4.73. The molecule has 1 unspecified atom stereocenters. The highest BCUT2D eigenvalue weighted by molar-refractivity contribution is 7.13. The Labute approximate surface area is 178 Å². The molecule has 30 heavy (non-hydrogen) atoms. The van der Waals surface area contributed by atoms with Gasteiger partial charge in [-0.05, 0) is 38.8 Å². The molecule has 0 spiro atoms. The number of thiazole rings is 1. The first-order chi connectivity index (χ1) is 14.6. The van der Waals surface area contributed by atoms with Gasteiger partial charge in [-0.15, -0.1) is 11.3 Å². The van der Waals surface area contributed by atoms with Crippen molar-refractivity contribution in [1.29, 1.82) is 0 Å². The van der Waals surface area contributed by atoms with Crippen molar-refractivity contribution in [3.8, 4) is 5.69 Å². The summed E-state index contributed by atoms with van der Waals surface area (Å²) in [5, 5.41) is 9.21. The van der Waals surface area contributed by atoms with Crippen LogP contribution < -0.4 is 0 Å². The van der Waals surface area contributed by atoms with E-state index in [9.17, 15) is 9.59 Å². The average Bonchev–Trinajstić information content (AvgIpc) is 3.46. The van der Waals surface area contributed by atoms with Crippen LogP contribution in [0.5, 0.6) is 0 Å². The number of amides is 1. The number of likely N-dealkylation sites (tertiary alicyclic amines) is 1. The number of piperidine rings is 1. The van der Waals surface area contributed by atoms with E-state index < -0.39 is 0 Å². The molecule has 0 aliphatic carbocycles. The molecule has 1 aliphatic rings. The zero-order valence-corrected chi connectivity index (χ0v) is 17.7. The maximum Gasteiger partial charge on any atom is 0.349 e. The lowest BCUT2D eigenvalue weighted by Crippen LogP contribution is -2.45. The normalized spacial score (nSPS) is 18.9. The van der Waals surface area contributed by atoms with Crippen molar-refractivity contribution < 1.29 is 14.3 Å². The molecule has 0 radical (unpaired) electrons. The van der Waals surface area contributed by atoms with E-state index in [2.05, 4.69) is 22.1 Å². The van der Waals surface area contributed by atoms with Gasteiger partial charge in [-0.3, -0.25) is 4.79 Å². The molecule has 8 nitrogen and oxygen atoms in total. The van der Waals surface area contributed by atoms with Gasteiger partial charge in [0.15, 0.2) is 0 Å². The Kier molecular flexibility index (Phi) is 5.89. The van der Waals surface area contributed by atoms with Crippen LogP contribution in [0.1, 0.15) is 57.6 Å². The summed E-state index contributed by atoms with van der Waals surface area (Å²) < 4.78 is 5.06. The molecular weight excluding hydrogens is 402 g/mol. The van der Waals surface area contributed by atoms with Crippen molar-refractivity contribution in [2.45, 2.75) is 38.6 Å². The third-order valence-electron chi connectivity index (χ3n) is 5.26. The number of rotatable bonds is 5. The lowest BCUT2D eigenvalue weighted by Gasteiger charge is -2.37. The number of carbonyl (C=O) groups excluding carboxylic acids is 2. The highest BCUT2D eigenvalue weighted by atomic mass is 32.1. The molecular formula is C21H23N5O3S. The number of carbonyl (C=O) groups is 2. The van der Waals surface area contributed by atoms with E-state index >= 15 is 0 Å². The molecule has 3 aromatic rings. The fourth-order valence-corrected chi connectivity index (χ4v) is 4.63. The second-order valence-electron chi connectivity index (χ2n) is 7.20. The first kappa shape index (κ1) is 20.2. The largest absolute Gasteiger partial charge is 0.462 e. The van der Waals surface area contributed by atoms with Crippen molar-refractivity contribution in [3.05, 3.63) is 58.3 Å². The van der Waals surface area contributed by atoms with Gasteiger partial charge in [-0.25, -0.2) is 9.78 Å². The smallest absolute Gasteiger partial charge is 0.349 e. The molecule has 4 rings (SSSR count). The van der Waals surface area contributed by atoms with Gasteiger partial charge in [0.25, 0.3) is 5.91 Å². The minimum Gasteiger partial charge on any atom is -0.462 e. The SMILES string of the molecule is CCOC(=O)c1cnc(C2CC[C@@H](C)N(C(=O)c3ccccc3-n3nccn3)C2)s1. The molecule has 0 N–H and O–H groups in total. The van der Waals surface area contributed by atoms with Gasteiger partial charge in [0.1, 0.15) is 4.88 Å². The predicted molar refractivity (Wildman–Crippen MR) is 112 cm³/mol. The van der Waals surface area contributed by atoms with Gasteiger partial charge in [0.2, 0.25) is 0 Å². The monoisotopic (exact) mass is 425 g/mol. The molecule has 1 saturated heterocycles. The standard InChI is InChI=1S/C21H23N5O3S/c1-3-29-21(28)18-12-22-19(30-18)15-9-8-14(2)25(13-15)20(27)16-6-4-5-7-17(16)26-23-10-11-24-26/h4-7,10-12,14-15H,3,8-9,13H2,1-2H3/t14-,15?/m1/s1. The Balaban J connectivity index is 1.56. The average molecular weight is 426 g/mol. The van der Waals surface area contributed by atoms with Crippen molar-refractivity contribution >= 4 is 23.2 Å². The zero-order valence-electron chi connectivity index (χ0n) is 16.9. The molecule has 156 valence electrons. The molecule has 1 fully saturated rings. The van der Waals surface area contributed by atoms with Gasteiger partial charge in [-0.1, -0.05) is 12.1 Å². The van der Waals surface area contributed by atoms with Crippen LogP contribution in [0.2, 0.25) is 0 Å². The Hall–Kier alpha value is -3.07. The van der Waals surface area contributed by atoms with E-state index in [0.29, 0.717) is 29.3 Å². The topological polar surface area (TPSA) is 90.2 Å². The van der Waals surface area contributed by atoms with Crippen molar-refractivity contribution in [2.24, 2.45) is 0 Å². The van der Waals surface area contributed by atoms with E-state index in [0.717, 1.165) is 17.8 Å². The molecule has 0 bridgehead atoms. The van der Waals surface area contributed by atoms with Gasteiger partial charge in [0.05, 0.1) is 41.5 Å². The summed E-state index contributed by atoms with van der Waals surface area (Å²) in [4.78, 5) is 33.7. The van der Waals surface area contributed by atoms with Crippen LogP contribution in [0.3, 0.4) is 0 Å². The summed E-state index contributed by atoms with van der Waals surface area (Å²) in [6.07, 6.45) is 6.53. The first-order valence-electron chi connectivity index (χ1n) is 9.98. The summed E-state index contributed by atoms with van der Waals surface area (Å²) in [5.41, 5.74) is 1.22. The van der Waals surface area contributed by atoms with E-state index in [1.807, 2.05) is 23.1 Å². The van der Waals surface area contributed by atoms with Crippen LogP contribution in [0.15, 0.2) is 42.9 Å². The Morgan fingerprint density at radius 2 is 1.97 bits per heavy atom. The lowest BCUT2D eigenvalue weighted by molar-refractivity contribution is 0.0531. The number of esters is 1. The number of hydrogen-bond acceptors (Lipinski definition) is 7. The predicted octanol–water partition coefficient (Wildman–Crippen LogP) is 3.31. The maximum absolute atomic E-state index is 13.5. The number of benzene rings is 1. The molecule has 0 saturated carbocycles. The zero-order chi connectivity index (χ0) is 21.1. The number of para-hydroxylation sites is 1. The summed E-state index contributed by atoms with van der Waals surface area (Å²) in [5.74, 6) is -0.311. The molecule has 3 heterocycles. The van der Waals surface area contributed by atoms with Crippen LogP contribution in [0.4, 0.5) is 0 Å². The molecule has 1 aromatic carbocycles. The molecule has 2 atom stereocenters. The van der Waals surface area contributed by atoms with Crippen LogP contribution in [0.25, 0.3) is 5.69 Å². The quantitative estimate of drug-likeness (QED) is 0.583. The van der Waals surface area contributed by atoms with Crippen LogP contribution in [-0.2, 0) is 4.74 Å². The Bertz CT molecular complexity index is 1030. The fourth-order valence-electron chi connectivity index (χ4n) is 3.69. The molecule has 1 amide bonds. The highest BCUT2D eigenvalue weighted by Gasteiger charge is 2.33. The second-order valence-corrected chi connectivity index (χ2v) is 8.26. The van der Waals surface area contributed by atoms with E-state index in [4.69, 9.17) is 4.74 Å². The molecule has 1 aliphatic heterocycles. The van der Waals surface area contributed by atoms with Gasteiger partial charge in [-0.2, -0.15) is 15.0 Å².